The van der Waals surface area contributed by atoms with Crippen LogP contribution in [0.5, 0.6) is 5.75 Å². The highest BCUT2D eigenvalue weighted by molar-refractivity contribution is 7.80. The number of ether oxygens (including phenoxy) is 1. The van der Waals surface area contributed by atoms with Crippen LogP contribution in [-0.4, -0.2) is 23.9 Å². The molecule has 0 spiro atoms. The van der Waals surface area contributed by atoms with Gasteiger partial charge in [-0.15, -0.1) is 0 Å². The summed E-state index contributed by atoms with van der Waals surface area (Å²) in [5.74, 6) is 1.70. The Balaban J connectivity index is 2.56. The Morgan fingerprint density at radius 3 is 2.33 bits per heavy atom. The molecule has 0 radical (unpaired) electrons. The van der Waals surface area contributed by atoms with Crippen LogP contribution < -0.4 is 4.74 Å². The van der Waals surface area contributed by atoms with E-state index in [1.54, 1.807) is 0 Å². The third-order valence-corrected chi connectivity index (χ3v) is 2.47. The summed E-state index contributed by atoms with van der Waals surface area (Å²) in [5.41, 5.74) is 1.28. The van der Waals surface area contributed by atoms with E-state index in [0.717, 1.165) is 18.2 Å². The van der Waals surface area contributed by atoms with Crippen LogP contribution in [0.2, 0.25) is 0 Å². The first-order valence-corrected chi connectivity index (χ1v) is 5.80. The van der Waals surface area contributed by atoms with Gasteiger partial charge in [-0.3, -0.25) is 4.90 Å². The molecule has 1 rings (SSSR count). The van der Waals surface area contributed by atoms with Crippen LogP contribution >= 0.6 is 12.6 Å². The molecule has 0 amide bonds. The van der Waals surface area contributed by atoms with Crippen LogP contribution in [0.15, 0.2) is 24.3 Å². The number of hydrogen-bond donors (Lipinski definition) is 1. The summed E-state index contributed by atoms with van der Waals surface area (Å²) in [6, 6.07) is 8.22. The number of thiol groups is 1. The smallest absolute Gasteiger partial charge is 0.119 e. The van der Waals surface area contributed by atoms with Gasteiger partial charge in [0.1, 0.15) is 5.75 Å². The Bertz CT molecular complexity index is 284. The maximum atomic E-state index is 5.57. The van der Waals surface area contributed by atoms with Crippen LogP contribution in [0.1, 0.15) is 19.4 Å². The van der Waals surface area contributed by atoms with Crippen molar-refractivity contribution in [3.8, 4) is 5.75 Å². The van der Waals surface area contributed by atoms with Crippen molar-refractivity contribution in [2.45, 2.75) is 26.5 Å². The highest BCUT2D eigenvalue weighted by Gasteiger charge is 2.00. The number of benzene rings is 1. The predicted octanol–water partition coefficient (Wildman–Crippen LogP) is 2.79. The Morgan fingerprint density at radius 2 is 1.87 bits per heavy atom. The lowest BCUT2D eigenvalue weighted by atomic mass is 10.2. The van der Waals surface area contributed by atoms with Gasteiger partial charge in [-0.25, -0.2) is 0 Å². The van der Waals surface area contributed by atoms with Crippen molar-refractivity contribution >= 4 is 12.6 Å². The number of rotatable bonds is 5. The molecular weight excluding hydrogens is 206 g/mol. The minimum absolute atomic E-state index is 0.232. The molecule has 0 aliphatic rings. The van der Waals surface area contributed by atoms with E-state index in [4.69, 9.17) is 4.74 Å². The molecule has 0 N–H and O–H groups in total. The standard InChI is InChI=1S/C12H19NOS/c1-10(2)14-12-6-4-11(5-7-12)8-13(3)9-15/h4-7,10,15H,8-9H2,1-3H3. The molecule has 0 atom stereocenters. The lowest BCUT2D eigenvalue weighted by Crippen LogP contribution is -2.15. The average Bonchev–Trinajstić information content (AvgIpc) is 2.20. The average molecular weight is 225 g/mol. The zero-order valence-electron chi connectivity index (χ0n) is 9.60. The van der Waals surface area contributed by atoms with Crippen LogP contribution in [0.25, 0.3) is 0 Å². The maximum absolute atomic E-state index is 5.57. The van der Waals surface area contributed by atoms with Gasteiger partial charge in [0, 0.05) is 12.4 Å². The fourth-order valence-corrected chi connectivity index (χ4v) is 1.41. The molecule has 0 saturated carbocycles. The fourth-order valence-electron chi connectivity index (χ4n) is 1.31. The van der Waals surface area contributed by atoms with E-state index in [2.05, 4.69) is 29.7 Å². The Morgan fingerprint density at radius 1 is 1.27 bits per heavy atom. The second kappa shape index (κ2) is 6.03. The zero-order valence-corrected chi connectivity index (χ0v) is 10.5. The van der Waals surface area contributed by atoms with E-state index in [9.17, 15) is 0 Å². The normalized spacial score (nSPS) is 11.1. The third-order valence-electron chi connectivity index (χ3n) is 1.99. The van der Waals surface area contributed by atoms with Gasteiger partial charge >= 0.3 is 0 Å². The second-order valence-electron chi connectivity index (χ2n) is 3.97. The molecule has 0 saturated heterocycles. The minimum atomic E-state index is 0.232. The molecule has 0 unspecified atom stereocenters. The lowest BCUT2D eigenvalue weighted by Gasteiger charge is -2.14. The van der Waals surface area contributed by atoms with Crippen LogP contribution in [0, 0.1) is 0 Å². The van der Waals surface area contributed by atoms with E-state index in [1.807, 2.05) is 33.0 Å². The van der Waals surface area contributed by atoms with Gasteiger partial charge in [0.15, 0.2) is 0 Å². The Kier molecular flexibility index (Phi) is 4.99. The molecule has 0 aromatic heterocycles. The summed E-state index contributed by atoms with van der Waals surface area (Å²) in [7, 11) is 2.05. The van der Waals surface area contributed by atoms with Crippen LogP contribution in [-0.2, 0) is 6.54 Å². The molecule has 1 aromatic carbocycles. The molecule has 2 nitrogen and oxygen atoms in total. The van der Waals surface area contributed by atoms with Crippen molar-refractivity contribution in [1.82, 2.24) is 4.90 Å². The quantitative estimate of drug-likeness (QED) is 0.611. The van der Waals surface area contributed by atoms with Crippen molar-refractivity contribution in [3.63, 3.8) is 0 Å². The zero-order chi connectivity index (χ0) is 11.3. The van der Waals surface area contributed by atoms with Gasteiger partial charge in [0.05, 0.1) is 6.10 Å². The van der Waals surface area contributed by atoms with E-state index in [-0.39, 0.29) is 6.10 Å². The molecule has 0 heterocycles. The van der Waals surface area contributed by atoms with Crippen molar-refractivity contribution < 1.29 is 4.74 Å². The summed E-state index contributed by atoms with van der Waals surface area (Å²) in [5, 5.41) is 0. The van der Waals surface area contributed by atoms with Gasteiger partial charge in [-0.1, -0.05) is 12.1 Å². The molecule has 15 heavy (non-hydrogen) atoms. The molecule has 0 fully saturated rings. The molecular formula is C12H19NOS. The van der Waals surface area contributed by atoms with Crippen LogP contribution in [0.3, 0.4) is 0 Å². The Labute approximate surface area is 97.6 Å². The first-order valence-electron chi connectivity index (χ1n) is 5.17. The van der Waals surface area contributed by atoms with Crippen molar-refractivity contribution in [2.24, 2.45) is 0 Å². The lowest BCUT2D eigenvalue weighted by molar-refractivity contribution is 0.242. The molecule has 0 aliphatic heterocycles. The number of hydrogen-bond acceptors (Lipinski definition) is 3. The summed E-state index contributed by atoms with van der Waals surface area (Å²) < 4.78 is 5.57. The largest absolute Gasteiger partial charge is 0.491 e. The SMILES string of the molecule is CC(C)Oc1ccc(CN(C)CS)cc1. The van der Waals surface area contributed by atoms with Gasteiger partial charge < -0.3 is 4.74 Å². The Hall–Kier alpha value is -0.670. The van der Waals surface area contributed by atoms with Gasteiger partial charge in [0.25, 0.3) is 0 Å². The summed E-state index contributed by atoms with van der Waals surface area (Å²) in [6.45, 7) is 4.98. The summed E-state index contributed by atoms with van der Waals surface area (Å²) in [6.07, 6.45) is 0.232. The second-order valence-corrected chi connectivity index (χ2v) is 4.25. The summed E-state index contributed by atoms with van der Waals surface area (Å²) >= 11 is 4.21. The predicted molar refractivity (Wildman–Crippen MR) is 67.5 cm³/mol. The van der Waals surface area contributed by atoms with Gasteiger partial charge in [-0.05, 0) is 38.6 Å². The molecule has 0 aliphatic carbocycles. The van der Waals surface area contributed by atoms with Gasteiger partial charge in [0.2, 0.25) is 0 Å². The monoisotopic (exact) mass is 225 g/mol. The first-order chi connectivity index (χ1) is 7.11. The topological polar surface area (TPSA) is 12.5 Å². The fraction of sp³-hybridized carbons (Fsp3) is 0.500. The highest BCUT2D eigenvalue weighted by atomic mass is 32.1. The molecule has 0 bridgehead atoms. The number of nitrogens with zero attached hydrogens (tertiary/aromatic N) is 1. The minimum Gasteiger partial charge on any atom is -0.491 e. The molecule has 84 valence electrons. The van der Waals surface area contributed by atoms with E-state index < -0.39 is 0 Å². The first kappa shape index (κ1) is 12.4. The maximum Gasteiger partial charge on any atom is 0.119 e. The van der Waals surface area contributed by atoms with Crippen molar-refractivity contribution in [1.29, 1.82) is 0 Å². The van der Waals surface area contributed by atoms with Crippen molar-refractivity contribution in [3.05, 3.63) is 29.8 Å². The highest BCUT2D eigenvalue weighted by Crippen LogP contribution is 2.14. The third kappa shape index (κ3) is 4.58. The van der Waals surface area contributed by atoms with Crippen LogP contribution in [0.4, 0.5) is 0 Å². The summed E-state index contributed by atoms with van der Waals surface area (Å²) in [4.78, 5) is 2.14. The molecule has 3 heteroatoms. The van der Waals surface area contributed by atoms with Gasteiger partial charge in [-0.2, -0.15) is 12.6 Å². The van der Waals surface area contributed by atoms with E-state index in [0.29, 0.717) is 0 Å². The van der Waals surface area contributed by atoms with Crippen molar-refractivity contribution in [2.75, 3.05) is 12.9 Å². The van der Waals surface area contributed by atoms with E-state index in [1.165, 1.54) is 5.56 Å². The van der Waals surface area contributed by atoms with E-state index >= 15 is 0 Å². The molecule has 1 aromatic rings.